The van der Waals surface area contributed by atoms with Gasteiger partial charge in [0.15, 0.2) is 0 Å². The molecule has 3 aromatic heterocycles. The van der Waals surface area contributed by atoms with Gasteiger partial charge in [-0.15, -0.1) is 0 Å². The summed E-state index contributed by atoms with van der Waals surface area (Å²) < 4.78 is 46.2. The maximum atomic E-state index is 14.5. The Kier molecular flexibility index (Phi) is 9.13. The number of aromatic nitrogens is 4. The molecule has 0 bridgehead atoms. The Labute approximate surface area is 282 Å². The molecule has 4 heterocycles. The lowest BCUT2D eigenvalue weighted by atomic mass is 10.0. The topological polar surface area (TPSA) is 134 Å². The van der Waals surface area contributed by atoms with Crippen LogP contribution in [0.25, 0.3) is 49.7 Å². The Balaban J connectivity index is 0.000000485. The number of halogens is 3. The zero-order valence-electron chi connectivity index (χ0n) is 26.9. The van der Waals surface area contributed by atoms with Crippen LogP contribution in [0.5, 0.6) is 0 Å². The van der Waals surface area contributed by atoms with E-state index in [1.165, 1.54) is 15.2 Å². The molecule has 11 nitrogen and oxygen atoms in total. The van der Waals surface area contributed by atoms with E-state index in [4.69, 9.17) is 10.2 Å². The fourth-order valence-electron chi connectivity index (χ4n) is 6.00. The van der Waals surface area contributed by atoms with Crippen LogP contribution in [-0.2, 0) is 22.8 Å². The van der Waals surface area contributed by atoms with Crippen LogP contribution in [-0.4, -0.2) is 79.4 Å². The lowest BCUT2D eigenvalue weighted by Crippen LogP contribution is -2.45. The summed E-state index contributed by atoms with van der Waals surface area (Å²) >= 11 is 0. The van der Waals surface area contributed by atoms with Gasteiger partial charge in [-0.3, -0.25) is 19.1 Å². The second-order valence-corrected chi connectivity index (χ2v) is 11.8. The first-order valence-corrected chi connectivity index (χ1v) is 15.5. The predicted molar refractivity (Wildman–Crippen MR) is 184 cm³/mol. The average molecular weight is 685 g/mol. The normalized spacial score (nSPS) is 14.0. The molecule has 0 amide bonds. The zero-order valence-corrected chi connectivity index (χ0v) is 26.9. The van der Waals surface area contributed by atoms with E-state index in [0.29, 0.717) is 60.3 Å². The van der Waals surface area contributed by atoms with Crippen molar-refractivity contribution in [1.29, 1.82) is 0 Å². The van der Waals surface area contributed by atoms with Crippen molar-refractivity contribution in [3.8, 4) is 16.8 Å². The van der Waals surface area contributed by atoms with Crippen molar-refractivity contribution in [3.63, 3.8) is 0 Å². The first-order valence-electron chi connectivity index (χ1n) is 15.5. The second-order valence-electron chi connectivity index (χ2n) is 11.8. The molecule has 1 saturated heterocycles. The Morgan fingerprint density at radius 1 is 0.800 bits per heavy atom. The van der Waals surface area contributed by atoms with Gasteiger partial charge in [-0.05, 0) is 55.1 Å². The number of carbonyl (C=O) groups is 2. The molecule has 1 fully saturated rings. The first kappa shape index (κ1) is 33.9. The highest BCUT2D eigenvalue weighted by atomic mass is 19.4. The molecule has 0 spiro atoms. The van der Waals surface area contributed by atoms with Gasteiger partial charge in [0.25, 0.3) is 0 Å². The number of aliphatic carboxylic acids is 2. The number of benzene rings is 3. The van der Waals surface area contributed by atoms with Crippen LogP contribution in [0, 0.1) is 0 Å². The highest BCUT2D eigenvalue weighted by Crippen LogP contribution is 2.39. The number of para-hydroxylation sites is 1. The highest BCUT2D eigenvalue weighted by Gasteiger charge is 2.36. The van der Waals surface area contributed by atoms with Crippen molar-refractivity contribution >= 4 is 50.5 Å². The molecule has 50 heavy (non-hydrogen) atoms. The van der Waals surface area contributed by atoms with Crippen molar-refractivity contribution in [3.05, 3.63) is 107 Å². The summed E-state index contributed by atoms with van der Waals surface area (Å²) in [4.78, 5) is 45.7. The molecule has 3 aromatic carbocycles. The number of hydrogen-bond acceptors (Lipinski definition) is 7. The fourth-order valence-corrected chi connectivity index (χ4v) is 6.00. The van der Waals surface area contributed by atoms with E-state index in [0.717, 1.165) is 28.1 Å². The predicted octanol–water partition coefficient (Wildman–Crippen LogP) is 5.58. The van der Waals surface area contributed by atoms with E-state index in [9.17, 15) is 27.6 Å². The lowest BCUT2D eigenvalue weighted by Gasteiger charge is -2.35. The number of imidazole rings is 1. The number of carboxylic acid groups (broad SMARTS) is 2. The van der Waals surface area contributed by atoms with Gasteiger partial charge < -0.3 is 20.0 Å². The zero-order chi connectivity index (χ0) is 35.7. The number of piperazine rings is 1. The van der Waals surface area contributed by atoms with Crippen LogP contribution in [0.2, 0.25) is 0 Å². The van der Waals surface area contributed by atoms with Gasteiger partial charge >= 0.3 is 23.8 Å². The highest BCUT2D eigenvalue weighted by molar-refractivity contribution is 6.05. The van der Waals surface area contributed by atoms with Gasteiger partial charge in [-0.25, -0.2) is 14.4 Å². The molecular weight excluding hydrogens is 653 g/mol. The minimum atomic E-state index is -4.59. The molecule has 14 heteroatoms. The minimum absolute atomic E-state index is 0.130. The summed E-state index contributed by atoms with van der Waals surface area (Å²) in [5.74, 6) is -2.51. The molecule has 1 aliphatic rings. The first-order chi connectivity index (χ1) is 23.8. The van der Waals surface area contributed by atoms with Crippen LogP contribution < -0.4 is 10.6 Å². The second kappa shape index (κ2) is 13.5. The van der Waals surface area contributed by atoms with Crippen molar-refractivity contribution in [1.82, 2.24) is 24.0 Å². The van der Waals surface area contributed by atoms with Gasteiger partial charge in [0.1, 0.15) is 0 Å². The molecule has 0 atom stereocenters. The van der Waals surface area contributed by atoms with E-state index in [1.54, 1.807) is 30.4 Å². The third kappa shape index (κ3) is 6.78. The van der Waals surface area contributed by atoms with E-state index < -0.39 is 29.4 Å². The summed E-state index contributed by atoms with van der Waals surface area (Å²) in [5, 5.41) is 17.3. The number of aryl methyl sites for hydroxylation is 1. The summed E-state index contributed by atoms with van der Waals surface area (Å²) in [5.41, 5.74) is 3.36. The standard InChI is InChI=1S/C32H27F3N6O.C4H4O4/c1-38-11-13-40(14-12-38)28-10-8-23(17-25(28)32(33,34)35)41-30-24-16-20(22-15-21-5-3-4-6-26(21)36-18-22)7-9-27(24)37-19-29(30)39(2)31(41)42;5-3(6)1-2-4(7)8/h3-10,15-19H,11-14H2,1-2H3;1-2H,(H,5,6)(H,7,8). The quantitative estimate of drug-likeness (QED) is 0.224. The van der Waals surface area contributed by atoms with E-state index in [-0.39, 0.29) is 11.4 Å². The summed E-state index contributed by atoms with van der Waals surface area (Å²) in [6.07, 6.45) is -0.0919. The number of rotatable bonds is 5. The third-order valence-electron chi connectivity index (χ3n) is 8.56. The summed E-state index contributed by atoms with van der Waals surface area (Å²) in [6, 6.07) is 19.8. The molecule has 1 aliphatic heterocycles. The van der Waals surface area contributed by atoms with Gasteiger partial charge in [-0.2, -0.15) is 13.2 Å². The smallest absolute Gasteiger partial charge is 0.418 e. The van der Waals surface area contributed by atoms with Gasteiger partial charge in [0.05, 0.1) is 39.5 Å². The largest absolute Gasteiger partial charge is 0.478 e. The van der Waals surface area contributed by atoms with E-state index >= 15 is 0 Å². The SMILES string of the molecule is CN1CCN(c2ccc(-n3c(=O)n(C)c4cnc5ccc(-c6cnc7ccccc7c6)cc5c43)cc2C(F)(F)F)CC1.O=C(O)C=CC(=O)O. The van der Waals surface area contributed by atoms with Crippen LogP contribution >= 0.6 is 0 Å². The van der Waals surface area contributed by atoms with Crippen molar-refractivity contribution < 1.29 is 33.0 Å². The third-order valence-corrected chi connectivity index (χ3v) is 8.56. The maximum absolute atomic E-state index is 14.5. The van der Waals surface area contributed by atoms with E-state index in [2.05, 4.69) is 14.9 Å². The van der Waals surface area contributed by atoms with Crippen LogP contribution in [0.1, 0.15) is 5.56 Å². The number of anilines is 1. The van der Waals surface area contributed by atoms with Crippen molar-refractivity contribution in [2.24, 2.45) is 7.05 Å². The number of likely N-dealkylation sites (N-methyl/N-ethyl adjacent to an activating group) is 1. The number of carboxylic acids is 2. The van der Waals surface area contributed by atoms with Gasteiger partial charge in [-0.1, -0.05) is 24.3 Å². The number of hydrogen-bond donors (Lipinski definition) is 2. The lowest BCUT2D eigenvalue weighted by molar-refractivity contribution is -0.137. The average Bonchev–Trinajstić information content (AvgIpc) is 3.36. The van der Waals surface area contributed by atoms with Crippen molar-refractivity contribution in [2.75, 3.05) is 38.1 Å². The number of fused-ring (bicyclic) bond motifs is 4. The van der Waals surface area contributed by atoms with E-state index in [1.807, 2.05) is 55.6 Å². The molecule has 7 rings (SSSR count). The molecule has 2 N–H and O–H groups in total. The Bertz CT molecular complexity index is 2340. The number of nitrogens with zero attached hydrogens (tertiary/aromatic N) is 6. The van der Waals surface area contributed by atoms with Crippen LogP contribution in [0.4, 0.5) is 18.9 Å². The summed E-state index contributed by atoms with van der Waals surface area (Å²) in [6.45, 7) is 2.34. The Hall–Kier alpha value is -6.02. The molecule has 0 radical (unpaired) electrons. The van der Waals surface area contributed by atoms with Gasteiger partial charge in [0.2, 0.25) is 0 Å². The maximum Gasteiger partial charge on any atom is 0.418 e. The number of pyridine rings is 2. The molecular formula is C36H31F3N6O5. The number of alkyl halides is 3. The Morgan fingerprint density at radius 2 is 1.48 bits per heavy atom. The molecule has 0 unspecified atom stereocenters. The van der Waals surface area contributed by atoms with Crippen molar-refractivity contribution in [2.45, 2.75) is 6.18 Å². The Morgan fingerprint density at radius 3 is 2.16 bits per heavy atom. The fraction of sp³-hybridized carbons (Fsp3) is 0.194. The molecule has 256 valence electrons. The van der Waals surface area contributed by atoms with Crippen LogP contribution in [0.15, 0.2) is 96.1 Å². The molecule has 0 aliphatic carbocycles. The molecule has 6 aromatic rings. The van der Waals surface area contributed by atoms with Gasteiger partial charge in [0, 0.05) is 73.6 Å². The summed E-state index contributed by atoms with van der Waals surface area (Å²) in [7, 11) is 3.56. The monoisotopic (exact) mass is 684 g/mol. The van der Waals surface area contributed by atoms with Crippen LogP contribution in [0.3, 0.4) is 0 Å². The molecule has 0 saturated carbocycles. The minimum Gasteiger partial charge on any atom is -0.478 e.